The summed E-state index contributed by atoms with van der Waals surface area (Å²) in [5.41, 5.74) is 0. The second-order valence-corrected chi connectivity index (χ2v) is 6.56. The Morgan fingerprint density at radius 3 is 2.26 bits per heavy atom. The number of hydrogen-bond acceptors (Lipinski definition) is 6. The molecule has 1 atom stereocenters. The van der Waals surface area contributed by atoms with Crippen molar-refractivity contribution in [2.75, 3.05) is 26.4 Å². The third kappa shape index (κ3) is 6.76. The summed E-state index contributed by atoms with van der Waals surface area (Å²) in [5.74, 6) is 1.74. The summed E-state index contributed by atoms with van der Waals surface area (Å²) in [4.78, 5) is 11.0. The highest BCUT2D eigenvalue weighted by atomic mass is 16.7. The number of benzene rings is 3. The lowest BCUT2D eigenvalue weighted by atomic mass is 10.1. The molecule has 0 aliphatic rings. The van der Waals surface area contributed by atoms with Gasteiger partial charge in [0.1, 0.15) is 30.5 Å². The first-order chi connectivity index (χ1) is 15.2. The normalized spacial score (nSPS) is 11.5. The molecule has 0 saturated carbocycles. The van der Waals surface area contributed by atoms with E-state index in [9.17, 15) is 4.79 Å². The number of carbonyl (C=O) groups is 1. The maximum Gasteiger partial charge on any atom is 0.330 e. The Hall–Kier alpha value is -3.51. The van der Waals surface area contributed by atoms with Crippen molar-refractivity contribution >= 4 is 16.7 Å². The molecule has 6 nitrogen and oxygen atoms in total. The van der Waals surface area contributed by atoms with Crippen molar-refractivity contribution in [1.82, 2.24) is 0 Å². The standard InChI is InChI=1S/C25H26O6/c1-3-25(26)29-18-16-27-15-17-28-23-13-7-12-22-21(23)11-8-14-24(22)31-19(2)30-20-9-5-4-6-10-20/h3-14,19H,1,15-18H2,2H3. The van der Waals surface area contributed by atoms with Gasteiger partial charge in [-0.05, 0) is 24.3 Å². The zero-order valence-corrected chi connectivity index (χ0v) is 17.5. The number of carbonyl (C=O) groups excluding carboxylic acids is 1. The van der Waals surface area contributed by atoms with E-state index in [0.29, 0.717) is 25.6 Å². The van der Waals surface area contributed by atoms with Crippen LogP contribution in [0.25, 0.3) is 10.8 Å². The molecule has 1 unspecified atom stereocenters. The fourth-order valence-corrected chi connectivity index (χ4v) is 2.95. The van der Waals surface area contributed by atoms with E-state index < -0.39 is 12.3 Å². The molecule has 0 bridgehead atoms. The Balaban J connectivity index is 1.55. The maximum atomic E-state index is 11.0. The molecule has 0 amide bonds. The summed E-state index contributed by atoms with van der Waals surface area (Å²) in [5, 5.41) is 1.87. The first kappa shape index (κ1) is 22.2. The molecule has 0 aromatic heterocycles. The molecular formula is C25H26O6. The van der Waals surface area contributed by atoms with E-state index in [2.05, 4.69) is 6.58 Å². The van der Waals surface area contributed by atoms with Crippen LogP contribution in [-0.2, 0) is 14.3 Å². The van der Waals surface area contributed by atoms with Crippen molar-refractivity contribution < 1.29 is 28.5 Å². The minimum absolute atomic E-state index is 0.184. The summed E-state index contributed by atoms with van der Waals surface area (Å²) >= 11 is 0. The van der Waals surface area contributed by atoms with Crippen molar-refractivity contribution in [3.63, 3.8) is 0 Å². The summed E-state index contributed by atoms with van der Waals surface area (Å²) in [6.45, 7) is 6.42. The Morgan fingerprint density at radius 2 is 1.52 bits per heavy atom. The van der Waals surface area contributed by atoms with Crippen LogP contribution in [-0.4, -0.2) is 38.7 Å². The van der Waals surface area contributed by atoms with Gasteiger partial charge >= 0.3 is 5.97 Å². The molecule has 162 valence electrons. The third-order valence-electron chi connectivity index (χ3n) is 4.30. The number of esters is 1. The molecule has 3 aromatic rings. The van der Waals surface area contributed by atoms with Gasteiger partial charge in [0.2, 0.25) is 6.29 Å². The van der Waals surface area contributed by atoms with Crippen LogP contribution in [0.1, 0.15) is 6.92 Å². The van der Waals surface area contributed by atoms with Crippen LogP contribution in [0.2, 0.25) is 0 Å². The van der Waals surface area contributed by atoms with Crippen LogP contribution in [0.3, 0.4) is 0 Å². The average molecular weight is 422 g/mol. The zero-order chi connectivity index (χ0) is 21.9. The first-order valence-electron chi connectivity index (χ1n) is 10.1. The van der Waals surface area contributed by atoms with Gasteiger partial charge in [0, 0.05) is 23.8 Å². The van der Waals surface area contributed by atoms with E-state index in [-0.39, 0.29) is 6.61 Å². The van der Waals surface area contributed by atoms with E-state index in [0.717, 1.165) is 28.3 Å². The van der Waals surface area contributed by atoms with Gasteiger partial charge in [-0.25, -0.2) is 4.79 Å². The van der Waals surface area contributed by atoms with Gasteiger partial charge in [0.15, 0.2) is 0 Å². The third-order valence-corrected chi connectivity index (χ3v) is 4.30. The number of rotatable bonds is 12. The van der Waals surface area contributed by atoms with Gasteiger partial charge in [-0.3, -0.25) is 0 Å². The molecule has 0 aliphatic heterocycles. The maximum absolute atomic E-state index is 11.0. The monoisotopic (exact) mass is 422 g/mol. The molecule has 0 spiro atoms. The Morgan fingerprint density at radius 1 is 0.839 bits per heavy atom. The van der Waals surface area contributed by atoms with Gasteiger partial charge in [0.25, 0.3) is 0 Å². The van der Waals surface area contributed by atoms with Gasteiger partial charge in [-0.15, -0.1) is 0 Å². The van der Waals surface area contributed by atoms with Crippen LogP contribution in [0, 0.1) is 0 Å². The summed E-state index contributed by atoms with van der Waals surface area (Å²) in [7, 11) is 0. The predicted molar refractivity (Wildman–Crippen MR) is 119 cm³/mol. The number of ether oxygens (including phenoxy) is 5. The lowest BCUT2D eigenvalue weighted by Crippen LogP contribution is -2.19. The van der Waals surface area contributed by atoms with Crippen LogP contribution in [0.15, 0.2) is 79.4 Å². The molecule has 3 rings (SSSR count). The topological polar surface area (TPSA) is 63.2 Å². The fraction of sp³-hybridized carbons (Fsp3) is 0.240. The first-order valence-corrected chi connectivity index (χ1v) is 10.1. The van der Waals surface area contributed by atoms with E-state index in [4.69, 9.17) is 23.7 Å². The quantitative estimate of drug-likeness (QED) is 0.181. The summed E-state index contributed by atoms with van der Waals surface area (Å²) in [6, 6.07) is 21.2. The number of para-hydroxylation sites is 1. The van der Waals surface area contributed by atoms with Gasteiger partial charge in [-0.1, -0.05) is 49.0 Å². The van der Waals surface area contributed by atoms with E-state index in [1.165, 1.54) is 0 Å². The minimum Gasteiger partial charge on any atom is -0.491 e. The highest BCUT2D eigenvalue weighted by Crippen LogP contribution is 2.32. The molecule has 6 heteroatoms. The van der Waals surface area contributed by atoms with Gasteiger partial charge in [-0.2, -0.15) is 0 Å². The lowest BCUT2D eigenvalue weighted by molar-refractivity contribution is -0.139. The van der Waals surface area contributed by atoms with Crippen LogP contribution < -0.4 is 14.2 Å². The second kappa shape index (κ2) is 11.6. The van der Waals surface area contributed by atoms with Crippen molar-refractivity contribution in [3.05, 3.63) is 79.4 Å². The molecule has 0 fully saturated rings. The molecular weight excluding hydrogens is 396 g/mol. The van der Waals surface area contributed by atoms with Crippen molar-refractivity contribution in [2.45, 2.75) is 13.2 Å². The zero-order valence-electron chi connectivity index (χ0n) is 17.5. The van der Waals surface area contributed by atoms with Crippen LogP contribution in [0.5, 0.6) is 17.2 Å². The van der Waals surface area contributed by atoms with E-state index in [1.807, 2.05) is 73.7 Å². The minimum atomic E-state index is -0.461. The highest BCUT2D eigenvalue weighted by molar-refractivity contribution is 5.93. The summed E-state index contributed by atoms with van der Waals surface area (Å²) in [6.07, 6.45) is 0.664. The SMILES string of the molecule is C=CC(=O)OCCOCCOc1cccc2c(OC(C)Oc3ccccc3)cccc12. The number of fused-ring (bicyclic) bond motifs is 1. The molecule has 0 saturated heterocycles. The van der Waals surface area contributed by atoms with Crippen LogP contribution >= 0.6 is 0 Å². The smallest absolute Gasteiger partial charge is 0.330 e. The van der Waals surface area contributed by atoms with Crippen molar-refractivity contribution in [2.24, 2.45) is 0 Å². The largest absolute Gasteiger partial charge is 0.491 e. The Labute approximate surface area is 181 Å². The predicted octanol–water partition coefficient (Wildman–Crippen LogP) is 4.77. The summed E-state index contributed by atoms with van der Waals surface area (Å²) < 4.78 is 28.0. The van der Waals surface area contributed by atoms with Crippen LogP contribution in [0.4, 0.5) is 0 Å². The molecule has 0 N–H and O–H groups in total. The Bertz CT molecular complexity index is 986. The molecule has 0 radical (unpaired) electrons. The van der Waals surface area contributed by atoms with E-state index in [1.54, 1.807) is 0 Å². The fourth-order valence-electron chi connectivity index (χ4n) is 2.95. The van der Waals surface area contributed by atoms with Crippen molar-refractivity contribution in [3.8, 4) is 17.2 Å². The van der Waals surface area contributed by atoms with E-state index >= 15 is 0 Å². The van der Waals surface area contributed by atoms with Gasteiger partial charge < -0.3 is 23.7 Å². The number of hydrogen-bond donors (Lipinski definition) is 0. The lowest BCUT2D eigenvalue weighted by Gasteiger charge is -2.18. The molecule has 0 heterocycles. The highest BCUT2D eigenvalue weighted by Gasteiger charge is 2.11. The molecule has 3 aromatic carbocycles. The average Bonchev–Trinajstić information content (AvgIpc) is 2.79. The van der Waals surface area contributed by atoms with Crippen molar-refractivity contribution in [1.29, 1.82) is 0 Å². The second-order valence-electron chi connectivity index (χ2n) is 6.56. The Kier molecular flexibility index (Phi) is 8.31. The molecule has 0 aliphatic carbocycles. The molecule has 31 heavy (non-hydrogen) atoms. The van der Waals surface area contributed by atoms with Gasteiger partial charge in [0.05, 0.1) is 13.2 Å².